The molecule has 3 rings (SSSR count). The van der Waals surface area contributed by atoms with Crippen LogP contribution in [0.2, 0.25) is 0 Å². The molecule has 0 aliphatic rings. The summed E-state index contributed by atoms with van der Waals surface area (Å²) >= 11 is 1.50. The Morgan fingerprint density at radius 1 is 0.966 bits per heavy atom. The number of nitrogens with zero attached hydrogens (tertiary/aromatic N) is 3. The van der Waals surface area contributed by atoms with Crippen molar-refractivity contribution >= 4 is 32.6 Å². The van der Waals surface area contributed by atoms with E-state index >= 15 is 0 Å². The lowest BCUT2D eigenvalue weighted by atomic mass is 10.2. The van der Waals surface area contributed by atoms with Crippen molar-refractivity contribution in [2.75, 3.05) is 45.3 Å². The van der Waals surface area contributed by atoms with Crippen LogP contribution in [0.4, 0.5) is 5.13 Å². The lowest BCUT2D eigenvalue weighted by Gasteiger charge is -2.24. The predicted molar refractivity (Wildman–Crippen MR) is 119 cm³/mol. The first-order valence-corrected chi connectivity index (χ1v) is 10.5. The summed E-state index contributed by atoms with van der Waals surface area (Å²) in [6, 6.07) is 13.0. The Hall–Kier alpha value is -2.64. The number of ether oxygens (including phenoxy) is 2. The summed E-state index contributed by atoms with van der Waals surface area (Å²) in [4.78, 5) is 22.1. The maximum absolute atomic E-state index is 13.3. The van der Waals surface area contributed by atoms with E-state index in [-0.39, 0.29) is 5.91 Å². The van der Waals surface area contributed by atoms with Crippen molar-refractivity contribution in [2.45, 2.75) is 13.8 Å². The molecule has 1 aromatic heterocycles. The standard InChI is InChI=1S/C22H27N3O3S/c1-5-24(6-2)13-14-25(21(26)16-7-9-17(27-3)10-8-16)22-23-19-12-11-18(28-4)15-20(19)29-22/h7-12,15H,5-6,13-14H2,1-4H3. The van der Waals surface area contributed by atoms with Crippen LogP contribution in [-0.2, 0) is 0 Å². The number of thiazole rings is 1. The van der Waals surface area contributed by atoms with Gasteiger partial charge >= 0.3 is 0 Å². The van der Waals surface area contributed by atoms with E-state index in [9.17, 15) is 4.79 Å². The topological polar surface area (TPSA) is 54.9 Å². The minimum Gasteiger partial charge on any atom is -0.497 e. The summed E-state index contributed by atoms with van der Waals surface area (Å²) in [5, 5.41) is 0.696. The lowest BCUT2D eigenvalue weighted by molar-refractivity contribution is 0.0983. The zero-order chi connectivity index (χ0) is 20.8. The van der Waals surface area contributed by atoms with E-state index in [4.69, 9.17) is 14.5 Å². The number of carbonyl (C=O) groups is 1. The number of hydrogen-bond acceptors (Lipinski definition) is 6. The van der Waals surface area contributed by atoms with Crippen LogP contribution >= 0.6 is 11.3 Å². The molecular formula is C22H27N3O3S. The van der Waals surface area contributed by atoms with Crippen LogP contribution in [0.5, 0.6) is 11.5 Å². The predicted octanol–water partition coefficient (Wildman–Crippen LogP) is 4.30. The van der Waals surface area contributed by atoms with E-state index in [2.05, 4.69) is 18.7 Å². The van der Waals surface area contributed by atoms with Crippen LogP contribution < -0.4 is 14.4 Å². The molecular weight excluding hydrogens is 386 g/mol. The van der Waals surface area contributed by atoms with Gasteiger partial charge in [0.1, 0.15) is 11.5 Å². The first-order valence-electron chi connectivity index (χ1n) is 9.72. The van der Waals surface area contributed by atoms with Gasteiger partial charge in [-0.15, -0.1) is 0 Å². The van der Waals surface area contributed by atoms with Gasteiger partial charge < -0.3 is 14.4 Å². The Bertz CT molecular complexity index is 952. The second-order valence-electron chi connectivity index (χ2n) is 6.54. The maximum Gasteiger partial charge on any atom is 0.260 e. The quantitative estimate of drug-likeness (QED) is 0.523. The van der Waals surface area contributed by atoms with E-state index in [1.165, 1.54) is 11.3 Å². The number of amides is 1. The highest BCUT2D eigenvalue weighted by Gasteiger charge is 2.22. The van der Waals surface area contributed by atoms with Gasteiger partial charge in [0.2, 0.25) is 0 Å². The second-order valence-corrected chi connectivity index (χ2v) is 7.55. The van der Waals surface area contributed by atoms with Crippen LogP contribution in [-0.4, -0.2) is 56.2 Å². The van der Waals surface area contributed by atoms with Crippen molar-refractivity contribution in [3.8, 4) is 11.5 Å². The van der Waals surface area contributed by atoms with Crippen molar-refractivity contribution in [3.05, 3.63) is 48.0 Å². The van der Waals surface area contributed by atoms with Gasteiger partial charge in [0.15, 0.2) is 5.13 Å². The Kier molecular flexibility index (Phi) is 7.06. The van der Waals surface area contributed by atoms with Crippen LogP contribution in [0.25, 0.3) is 10.2 Å². The number of methoxy groups -OCH3 is 2. The third kappa shape index (κ3) is 4.86. The lowest BCUT2D eigenvalue weighted by Crippen LogP contribution is -2.38. The van der Waals surface area contributed by atoms with Gasteiger partial charge in [-0.25, -0.2) is 4.98 Å². The molecule has 0 bridgehead atoms. The van der Waals surface area contributed by atoms with Crippen LogP contribution in [0.3, 0.4) is 0 Å². The Morgan fingerprint density at radius 3 is 2.24 bits per heavy atom. The Morgan fingerprint density at radius 2 is 1.62 bits per heavy atom. The number of benzene rings is 2. The largest absolute Gasteiger partial charge is 0.497 e. The van der Waals surface area contributed by atoms with Crippen molar-refractivity contribution in [1.82, 2.24) is 9.88 Å². The molecule has 0 spiro atoms. The van der Waals surface area contributed by atoms with Crippen LogP contribution in [0.15, 0.2) is 42.5 Å². The number of fused-ring (bicyclic) bond motifs is 1. The van der Waals surface area contributed by atoms with Gasteiger partial charge in [0, 0.05) is 18.7 Å². The van der Waals surface area contributed by atoms with Crippen LogP contribution in [0, 0.1) is 0 Å². The summed E-state index contributed by atoms with van der Waals surface area (Å²) in [7, 11) is 3.26. The molecule has 0 N–H and O–H groups in total. The zero-order valence-electron chi connectivity index (χ0n) is 17.3. The minimum absolute atomic E-state index is 0.0640. The Balaban J connectivity index is 1.94. The minimum atomic E-state index is -0.0640. The molecule has 0 unspecified atom stereocenters. The number of carbonyl (C=O) groups excluding carboxylic acids is 1. The highest BCUT2D eigenvalue weighted by Crippen LogP contribution is 2.32. The molecule has 6 nitrogen and oxygen atoms in total. The highest BCUT2D eigenvalue weighted by molar-refractivity contribution is 7.22. The molecule has 2 aromatic carbocycles. The van der Waals surface area contributed by atoms with Crippen molar-refractivity contribution in [3.63, 3.8) is 0 Å². The van der Waals surface area contributed by atoms with Crippen molar-refractivity contribution in [1.29, 1.82) is 0 Å². The summed E-state index contributed by atoms with van der Waals surface area (Å²) in [6.45, 7) is 7.50. The average Bonchev–Trinajstić information content (AvgIpc) is 3.19. The smallest absolute Gasteiger partial charge is 0.260 e. The summed E-state index contributed by atoms with van der Waals surface area (Å²) < 4.78 is 11.5. The van der Waals surface area contributed by atoms with Gasteiger partial charge in [0.25, 0.3) is 5.91 Å². The monoisotopic (exact) mass is 413 g/mol. The molecule has 0 aliphatic carbocycles. The third-order valence-corrected chi connectivity index (χ3v) is 5.97. The fraction of sp³-hybridized carbons (Fsp3) is 0.364. The molecule has 0 saturated carbocycles. The highest BCUT2D eigenvalue weighted by atomic mass is 32.1. The van der Waals surface area contributed by atoms with E-state index < -0.39 is 0 Å². The van der Waals surface area contributed by atoms with E-state index in [0.29, 0.717) is 17.2 Å². The molecule has 29 heavy (non-hydrogen) atoms. The van der Waals surface area contributed by atoms with E-state index in [1.807, 2.05) is 18.2 Å². The van der Waals surface area contributed by atoms with Crippen LogP contribution in [0.1, 0.15) is 24.2 Å². The number of rotatable bonds is 9. The molecule has 1 amide bonds. The number of aromatic nitrogens is 1. The third-order valence-electron chi connectivity index (χ3n) is 4.93. The zero-order valence-corrected chi connectivity index (χ0v) is 18.2. The Labute approximate surface area is 175 Å². The SMILES string of the molecule is CCN(CC)CCN(C(=O)c1ccc(OC)cc1)c1nc2ccc(OC)cc2s1. The molecule has 0 saturated heterocycles. The molecule has 0 fully saturated rings. The molecule has 0 aliphatic heterocycles. The summed E-state index contributed by atoms with van der Waals surface area (Å²) in [5.74, 6) is 1.44. The fourth-order valence-corrected chi connectivity index (χ4v) is 4.11. The number of anilines is 1. The molecule has 0 atom stereocenters. The van der Waals surface area contributed by atoms with Gasteiger partial charge in [-0.05, 0) is 55.6 Å². The van der Waals surface area contributed by atoms with Gasteiger partial charge in [-0.3, -0.25) is 9.69 Å². The van der Waals surface area contributed by atoms with E-state index in [0.717, 1.165) is 41.3 Å². The van der Waals surface area contributed by atoms with Gasteiger partial charge in [-0.2, -0.15) is 0 Å². The molecule has 0 radical (unpaired) electrons. The van der Waals surface area contributed by atoms with Gasteiger partial charge in [-0.1, -0.05) is 25.2 Å². The first kappa shape index (κ1) is 21.1. The van der Waals surface area contributed by atoms with Crippen molar-refractivity contribution in [2.24, 2.45) is 0 Å². The van der Waals surface area contributed by atoms with E-state index in [1.54, 1.807) is 43.4 Å². The summed E-state index contributed by atoms with van der Waals surface area (Å²) in [5.41, 5.74) is 1.48. The number of likely N-dealkylation sites (N-methyl/N-ethyl adjacent to an activating group) is 1. The fourth-order valence-electron chi connectivity index (χ4n) is 3.09. The molecule has 3 aromatic rings. The normalized spacial score (nSPS) is 11.1. The summed E-state index contributed by atoms with van der Waals surface area (Å²) in [6.07, 6.45) is 0. The second kappa shape index (κ2) is 9.71. The molecule has 7 heteroatoms. The first-order chi connectivity index (χ1) is 14.1. The van der Waals surface area contributed by atoms with Crippen molar-refractivity contribution < 1.29 is 14.3 Å². The maximum atomic E-state index is 13.3. The average molecular weight is 414 g/mol. The molecule has 154 valence electrons. The van der Waals surface area contributed by atoms with Gasteiger partial charge in [0.05, 0.1) is 24.4 Å². The molecule has 1 heterocycles. The number of hydrogen-bond donors (Lipinski definition) is 0.